The molecule has 1 aliphatic heterocycles. The van der Waals surface area contributed by atoms with Gasteiger partial charge in [0.25, 0.3) is 5.91 Å². The summed E-state index contributed by atoms with van der Waals surface area (Å²) in [5.41, 5.74) is 2.64. The number of para-hydroxylation sites is 1. The number of fused-ring (bicyclic) bond motifs is 1. The molecule has 0 saturated carbocycles. The van der Waals surface area contributed by atoms with Gasteiger partial charge in [0.2, 0.25) is 0 Å². The summed E-state index contributed by atoms with van der Waals surface area (Å²) in [5, 5.41) is 0.377. The Labute approximate surface area is 140 Å². The quantitative estimate of drug-likeness (QED) is 0.851. The molecule has 0 atom stereocenters. The number of hydrogen-bond acceptors (Lipinski definition) is 3. The Morgan fingerprint density at radius 3 is 2.83 bits per heavy atom. The minimum Gasteiger partial charge on any atom is -0.493 e. The summed E-state index contributed by atoms with van der Waals surface area (Å²) in [6.07, 6.45) is 0.865. The number of halogens is 1. The van der Waals surface area contributed by atoms with Gasteiger partial charge in [-0.1, -0.05) is 29.8 Å². The lowest BCUT2D eigenvalue weighted by molar-refractivity contribution is 0.0989. The summed E-state index contributed by atoms with van der Waals surface area (Å²) in [7, 11) is 1.54. The Hall–Kier alpha value is -2.20. The molecule has 2 aromatic carbocycles. The van der Waals surface area contributed by atoms with E-state index in [2.05, 4.69) is 0 Å². The predicted octanol–water partition coefficient (Wildman–Crippen LogP) is 3.95. The number of benzene rings is 2. The predicted molar refractivity (Wildman–Crippen MR) is 91.0 cm³/mol. The number of rotatable bonds is 4. The maximum absolute atomic E-state index is 12.9. The van der Waals surface area contributed by atoms with E-state index in [4.69, 9.17) is 21.1 Å². The summed E-state index contributed by atoms with van der Waals surface area (Å²) >= 11 is 6.27. The number of nitrogens with zero attached hydrogens (tertiary/aromatic N) is 1. The van der Waals surface area contributed by atoms with Crippen molar-refractivity contribution in [2.45, 2.75) is 13.3 Å². The second kappa shape index (κ2) is 6.50. The van der Waals surface area contributed by atoms with Crippen LogP contribution in [0, 0.1) is 0 Å². The number of carbonyl (C=O) groups excluding carboxylic acids is 1. The minimum absolute atomic E-state index is 0.0850. The van der Waals surface area contributed by atoms with Crippen LogP contribution in [0.5, 0.6) is 11.5 Å². The van der Waals surface area contributed by atoms with Crippen LogP contribution in [0.3, 0.4) is 0 Å². The smallest absolute Gasteiger partial charge is 0.258 e. The topological polar surface area (TPSA) is 38.8 Å². The second-order valence-corrected chi connectivity index (χ2v) is 5.67. The van der Waals surface area contributed by atoms with Crippen LogP contribution in [0.25, 0.3) is 0 Å². The molecule has 1 aliphatic rings. The lowest BCUT2D eigenvalue weighted by Crippen LogP contribution is -2.28. The molecule has 0 aromatic heterocycles. The molecular weight excluding hydrogens is 314 g/mol. The molecule has 0 unspecified atom stereocenters. The van der Waals surface area contributed by atoms with Crippen molar-refractivity contribution in [1.82, 2.24) is 0 Å². The highest BCUT2D eigenvalue weighted by atomic mass is 35.5. The molecule has 2 aromatic rings. The first-order valence-corrected chi connectivity index (χ1v) is 7.93. The molecular formula is C18H18ClNO3. The average Bonchev–Trinajstić information content (AvgIpc) is 3.00. The summed E-state index contributed by atoms with van der Waals surface area (Å²) < 4.78 is 10.8. The van der Waals surface area contributed by atoms with Crippen LogP contribution in [0.4, 0.5) is 5.69 Å². The van der Waals surface area contributed by atoms with Gasteiger partial charge in [0, 0.05) is 17.8 Å². The van der Waals surface area contributed by atoms with Crippen LogP contribution >= 0.6 is 11.6 Å². The number of methoxy groups -OCH3 is 1. The van der Waals surface area contributed by atoms with Crippen molar-refractivity contribution in [3.05, 3.63) is 52.5 Å². The Morgan fingerprint density at radius 1 is 1.30 bits per heavy atom. The molecule has 0 aliphatic carbocycles. The lowest BCUT2D eigenvalue weighted by Gasteiger charge is -2.19. The third kappa shape index (κ3) is 2.86. The molecule has 3 rings (SSSR count). The number of amides is 1. The molecule has 0 N–H and O–H groups in total. The van der Waals surface area contributed by atoms with Crippen molar-refractivity contribution < 1.29 is 14.3 Å². The fourth-order valence-corrected chi connectivity index (χ4v) is 3.10. The van der Waals surface area contributed by atoms with Gasteiger partial charge in [-0.15, -0.1) is 0 Å². The van der Waals surface area contributed by atoms with Crippen molar-refractivity contribution in [3.8, 4) is 11.5 Å². The molecule has 0 radical (unpaired) electrons. The van der Waals surface area contributed by atoms with Crippen molar-refractivity contribution in [3.63, 3.8) is 0 Å². The van der Waals surface area contributed by atoms with Gasteiger partial charge in [0.1, 0.15) is 0 Å². The maximum Gasteiger partial charge on any atom is 0.258 e. The minimum atomic E-state index is -0.0850. The molecule has 5 heteroatoms. The van der Waals surface area contributed by atoms with Gasteiger partial charge in [0.15, 0.2) is 11.5 Å². The Morgan fingerprint density at radius 2 is 2.09 bits per heavy atom. The molecule has 0 bridgehead atoms. The molecule has 1 heterocycles. The molecule has 1 amide bonds. The van der Waals surface area contributed by atoms with Crippen molar-refractivity contribution >= 4 is 23.2 Å². The van der Waals surface area contributed by atoms with E-state index in [1.165, 1.54) is 12.7 Å². The van der Waals surface area contributed by atoms with Gasteiger partial charge in [-0.2, -0.15) is 0 Å². The van der Waals surface area contributed by atoms with E-state index < -0.39 is 0 Å². The zero-order chi connectivity index (χ0) is 16.4. The van der Waals surface area contributed by atoms with Gasteiger partial charge in [-0.3, -0.25) is 4.79 Å². The summed E-state index contributed by atoms with van der Waals surface area (Å²) in [6.45, 7) is 3.02. The molecule has 4 nitrogen and oxygen atoms in total. The number of anilines is 1. The first kappa shape index (κ1) is 15.7. The molecule has 0 saturated heterocycles. The van der Waals surface area contributed by atoms with Gasteiger partial charge >= 0.3 is 0 Å². The van der Waals surface area contributed by atoms with E-state index in [-0.39, 0.29) is 5.91 Å². The SMILES string of the molecule is CCOc1c(Cl)cc(C(=O)N2CCc3ccccc32)cc1OC. The van der Waals surface area contributed by atoms with E-state index in [0.717, 1.165) is 12.1 Å². The zero-order valence-electron chi connectivity index (χ0n) is 13.1. The fourth-order valence-electron chi connectivity index (χ4n) is 2.83. The number of carbonyl (C=O) groups is 1. The Bertz CT molecular complexity index is 745. The number of hydrogen-bond donors (Lipinski definition) is 0. The summed E-state index contributed by atoms with van der Waals surface area (Å²) in [5.74, 6) is 0.850. The van der Waals surface area contributed by atoms with Crippen LogP contribution < -0.4 is 14.4 Å². The Balaban J connectivity index is 1.96. The van der Waals surface area contributed by atoms with Crippen molar-refractivity contribution in [2.75, 3.05) is 25.2 Å². The second-order valence-electron chi connectivity index (χ2n) is 5.26. The highest BCUT2D eigenvalue weighted by Crippen LogP contribution is 2.37. The standard InChI is InChI=1S/C18H18ClNO3/c1-3-23-17-14(19)10-13(11-16(17)22-2)18(21)20-9-8-12-6-4-5-7-15(12)20/h4-7,10-11H,3,8-9H2,1-2H3. The average molecular weight is 332 g/mol. The van der Waals surface area contributed by atoms with Crippen LogP contribution in [-0.2, 0) is 6.42 Å². The highest BCUT2D eigenvalue weighted by Gasteiger charge is 2.26. The van der Waals surface area contributed by atoms with E-state index >= 15 is 0 Å². The summed E-state index contributed by atoms with van der Waals surface area (Å²) in [4.78, 5) is 14.6. The van der Waals surface area contributed by atoms with Crippen molar-refractivity contribution in [1.29, 1.82) is 0 Å². The Kier molecular flexibility index (Phi) is 4.44. The van der Waals surface area contributed by atoms with Crippen LogP contribution in [-0.4, -0.2) is 26.2 Å². The third-order valence-corrected chi connectivity index (χ3v) is 4.18. The van der Waals surface area contributed by atoms with Gasteiger partial charge in [-0.05, 0) is 37.1 Å². The zero-order valence-corrected chi connectivity index (χ0v) is 13.9. The van der Waals surface area contributed by atoms with Crippen LogP contribution in [0.2, 0.25) is 5.02 Å². The van der Waals surface area contributed by atoms with Gasteiger partial charge in [0.05, 0.1) is 18.7 Å². The van der Waals surface area contributed by atoms with E-state index in [1.54, 1.807) is 17.0 Å². The monoisotopic (exact) mass is 331 g/mol. The van der Waals surface area contributed by atoms with Crippen molar-refractivity contribution in [2.24, 2.45) is 0 Å². The lowest BCUT2D eigenvalue weighted by atomic mass is 10.1. The highest BCUT2D eigenvalue weighted by molar-refractivity contribution is 6.32. The number of ether oxygens (including phenoxy) is 2. The molecule has 0 fully saturated rings. The van der Waals surface area contributed by atoms with Crippen LogP contribution in [0.15, 0.2) is 36.4 Å². The van der Waals surface area contributed by atoms with E-state index in [0.29, 0.717) is 35.2 Å². The molecule has 23 heavy (non-hydrogen) atoms. The normalized spacial score (nSPS) is 12.9. The first-order chi connectivity index (χ1) is 11.2. The maximum atomic E-state index is 12.9. The largest absolute Gasteiger partial charge is 0.493 e. The summed E-state index contributed by atoms with van der Waals surface area (Å²) in [6, 6.07) is 11.3. The van der Waals surface area contributed by atoms with Gasteiger partial charge < -0.3 is 14.4 Å². The third-order valence-electron chi connectivity index (χ3n) is 3.90. The van der Waals surface area contributed by atoms with E-state index in [9.17, 15) is 4.79 Å². The molecule has 0 spiro atoms. The fraction of sp³-hybridized carbons (Fsp3) is 0.278. The van der Waals surface area contributed by atoms with Crippen LogP contribution in [0.1, 0.15) is 22.8 Å². The van der Waals surface area contributed by atoms with Gasteiger partial charge in [-0.25, -0.2) is 0 Å². The first-order valence-electron chi connectivity index (χ1n) is 7.55. The van der Waals surface area contributed by atoms with E-state index in [1.807, 2.05) is 31.2 Å². The molecule has 120 valence electrons.